The van der Waals surface area contributed by atoms with Crippen molar-refractivity contribution in [3.8, 4) is 0 Å². The van der Waals surface area contributed by atoms with Crippen molar-refractivity contribution >= 4 is 38.4 Å². The minimum atomic E-state index is -4.58. The van der Waals surface area contributed by atoms with Crippen LogP contribution in [0.3, 0.4) is 0 Å². The van der Waals surface area contributed by atoms with E-state index in [2.05, 4.69) is 4.98 Å². The van der Waals surface area contributed by atoms with E-state index in [4.69, 9.17) is 4.42 Å². The summed E-state index contributed by atoms with van der Waals surface area (Å²) in [6.45, 7) is -0.0301. The van der Waals surface area contributed by atoms with Crippen LogP contribution in [0.25, 0.3) is 10.2 Å². The molecule has 180 valence electrons. The summed E-state index contributed by atoms with van der Waals surface area (Å²) >= 11 is 0.984. The molecule has 3 aromatic carbocycles. The topological polar surface area (TPSA) is 63.4 Å². The summed E-state index contributed by atoms with van der Waals surface area (Å²) in [7, 11) is 0. The van der Waals surface area contributed by atoms with Crippen molar-refractivity contribution in [2.75, 3.05) is 4.90 Å². The number of thiazole rings is 1. The second-order valence-corrected chi connectivity index (χ2v) is 8.90. The quantitative estimate of drug-likeness (QED) is 0.233. The maximum absolute atomic E-state index is 13.5. The Hall–Kier alpha value is -4.24. The Morgan fingerprint density at radius 1 is 0.833 bits per heavy atom. The fourth-order valence-corrected chi connectivity index (χ4v) is 4.73. The third kappa shape index (κ3) is 4.65. The van der Waals surface area contributed by atoms with Crippen LogP contribution in [-0.2, 0) is 12.7 Å². The Morgan fingerprint density at radius 3 is 2.19 bits per heavy atom. The fraction of sp³-hybridized carbons (Fsp3) is 0.0741. The number of fused-ring (bicyclic) bond motifs is 1. The van der Waals surface area contributed by atoms with Crippen LogP contribution in [-0.4, -0.2) is 16.7 Å². The molecule has 0 aliphatic rings. The molecule has 0 aliphatic carbocycles. The summed E-state index contributed by atoms with van der Waals surface area (Å²) in [5.74, 6) is -0.236. The number of carbonyl (C=O) groups excluding carboxylic acids is 2. The van der Waals surface area contributed by atoms with Gasteiger partial charge >= 0.3 is 6.18 Å². The first-order chi connectivity index (χ1) is 17.3. The van der Waals surface area contributed by atoms with E-state index in [-0.39, 0.29) is 28.5 Å². The number of halogens is 3. The number of para-hydroxylation sites is 1. The van der Waals surface area contributed by atoms with Crippen LogP contribution in [0.4, 0.5) is 18.3 Å². The van der Waals surface area contributed by atoms with Crippen LogP contribution < -0.4 is 4.90 Å². The van der Waals surface area contributed by atoms with Crippen LogP contribution >= 0.6 is 11.3 Å². The summed E-state index contributed by atoms with van der Waals surface area (Å²) in [5.41, 5.74) is 0.0975. The number of hydrogen-bond acceptors (Lipinski definition) is 5. The zero-order valence-electron chi connectivity index (χ0n) is 18.5. The molecule has 36 heavy (non-hydrogen) atoms. The van der Waals surface area contributed by atoms with Crippen molar-refractivity contribution in [2.24, 2.45) is 0 Å². The number of anilines is 1. The van der Waals surface area contributed by atoms with Gasteiger partial charge in [-0.25, -0.2) is 4.98 Å². The average molecular weight is 507 g/mol. The number of nitrogens with zero attached hydrogens (tertiary/aromatic N) is 2. The van der Waals surface area contributed by atoms with Gasteiger partial charge in [0, 0.05) is 16.7 Å². The van der Waals surface area contributed by atoms with Gasteiger partial charge in [0.05, 0.1) is 28.6 Å². The predicted molar refractivity (Wildman–Crippen MR) is 130 cm³/mol. The molecular formula is C27H17F3N2O3S. The standard InChI is InChI=1S/C27H17F3N2O3S/c28-27(29,30)21-9-4-10-22-23(21)31-26(36-22)32(16-20-8-5-15-35-20)25(34)19-13-11-18(12-14-19)24(33)17-6-2-1-3-7-17/h1-15H,16H2. The highest BCUT2D eigenvalue weighted by Gasteiger charge is 2.34. The number of furan rings is 1. The molecular weight excluding hydrogens is 489 g/mol. The number of alkyl halides is 3. The molecule has 0 saturated heterocycles. The summed E-state index contributed by atoms with van der Waals surface area (Å²) in [6, 6.07) is 22.0. The Bertz CT molecular complexity index is 1530. The van der Waals surface area contributed by atoms with Crippen molar-refractivity contribution in [3.05, 3.63) is 119 Å². The van der Waals surface area contributed by atoms with Crippen LogP contribution in [0.2, 0.25) is 0 Å². The first-order valence-corrected chi connectivity index (χ1v) is 11.6. The zero-order valence-corrected chi connectivity index (χ0v) is 19.3. The van der Waals surface area contributed by atoms with E-state index in [1.54, 1.807) is 48.5 Å². The first-order valence-electron chi connectivity index (χ1n) is 10.8. The minimum Gasteiger partial charge on any atom is -0.467 e. The van der Waals surface area contributed by atoms with Crippen LogP contribution in [0, 0.1) is 0 Å². The van der Waals surface area contributed by atoms with Crippen molar-refractivity contribution in [1.82, 2.24) is 4.98 Å². The number of benzene rings is 3. The molecule has 0 bridgehead atoms. The minimum absolute atomic E-state index is 0.0301. The summed E-state index contributed by atoms with van der Waals surface area (Å²) in [5, 5.41) is 0.104. The number of aromatic nitrogens is 1. The molecule has 0 aliphatic heterocycles. The van der Waals surface area contributed by atoms with Crippen LogP contribution in [0.5, 0.6) is 0 Å². The molecule has 0 unspecified atom stereocenters. The lowest BCUT2D eigenvalue weighted by Gasteiger charge is -2.19. The van der Waals surface area contributed by atoms with E-state index in [0.717, 1.165) is 17.4 Å². The highest BCUT2D eigenvalue weighted by molar-refractivity contribution is 7.22. The second kappa shape index (κ2) is 9.43. The monoisotopic (exact) mass is 506 g/mol. The highest BCUT2D eigenvalue weighted by Crippen LogP contribution is 2.39. The highest BCUT2D eigenvalue weighted by atomic mass is 32.1. The molecule has 1 amide bonds. The summed E-state index contributed by atoms with van der Waals surface area (Å²) in [6.07, 6.45) is -3.14. The Balaban J connectivity index is 1.50. The smallest absolute Gasteiger partial charge is 0.418 e. The van der Waals surface area contributed by atoms with Crippen molar-refractivity contribution in [1.29, 1.82) is 0 Å². The maximum atomic E-state index is 13.5. The molecule has 5 aromatic rings. The van der Waals surface area contributed by atoms with Gasteiger partial charge in [0.15, 0.2) is 10.9 Å². The third-order valence-electron chi connectivity index (χ3n) is 5.51. The first kappa shape index (κ1) is 23.5. The number of carbonyl (C=O) groups is 2. The largest absolute Gasteiger partial charge is 0.467 e. The summed E-state index contributed by atoms with van der Waals surface area (Å²) < 4.78 is 46.3. The van der Waals surface area contributed by atoms with Gasteiger partial charge in [-0.05, 0) is 36.4 Å². The number of ketones is 1. The van der Waals surface area contributed by atoms with Gasteiger partial charge in [-0.2, -0.15) is 13.2 Å². The molecule has 0 atom stereocenters. The van der Waals surface area contributed by atoms with Crippen molar-refractivity contribution in [3.63, 3.8) is 0 Å². The molecule has 0 radical (unpaired) electrons. The van der Waals surface area contributed by atoms with Crippen LogP contribution in [0.15, 0.2) is 95.6 Å². The molecule has 0 N–H and O–H groups in total. The fourth-order valence-electron chi connectivity index (χ4n) is 3.74. The van der Waals surface area contributed by atoms with E-state index < -0.39 is 17.6 Å². The van der Waals surface area contributed by atoms with Gasteiger partial charge in [0.25, 0.3) is 5.91 Å². The molecule has 9 heteroatoms. The van der Waals surface area contributed by atoms with E-state index in [1.165, 1.54) is 35.4 Å². The van der Waals surface area contributed by atoms with Gasteiger partial charge in [0.2, 0.25) is 0 Å². The van der Waals surface area contributed by atoms with Crippen molar-refractivity contribution < 1.29 is 27.2 Å². The molecule has 0 spiro atoms. The van der Waals surface area contributed by atoms with E-state index in [9.17, 15) is 22.8 Å². The third-order valence-corrected chi connectivity index (χ3v) is 6.56. The molecule has 5 rings (SSSR count). The molecule has 2 heterocycles. The lowest BCUT2D eigenvalue weighted by Crippen LogP contribution is -2.30. The van der Waals surface area contributed by atoms with Gasteiger partial charge in [-0.3, -0.25) is 14.5 Å². The molecule has 5 nitrogen and oxygen atoms in total. The van der Waals surface area contributed by atoms with Crippen LogP contribution in [0.1, 0.15) is 37.6 Å². The Kier molecular flexibility index (Phi) is 6.15. The second-order valence-electron chi connectivity index (χ2n) is 7.89. The number of hydrogen-bond donors (Lipinski definition) is 0. The van der Waals surface area contributed by atoms with E-state index in [1.807, 2.05) is 6.07 Å². The summed E-state index contributed by atoms with van der Waals surface area (Å²) in [4.78, 5) is 31.7. The Morgan fingerprint density at radius 2 is 1.53 bits per heavy atom. The van der Waals surface area contributed by atoms with Gasteiger partial charge < -0.3 is 4.42 Å². The van der Waals surface area contributed by atoms with Crippen molar-refractivity contribution in [2.45, 2.75) is 12.7 Å². The molecule has 2 aromatic heterocycles. The lowest BCUT2D eigenvalue weighted by molar-refractivity contribution is -0.136. The predicted octanol–water partition coefficient (Wildman–Crippen LogP) is 6.99. The van der Waals surface area contributed by atoms with Gasteiger partial charge in [-0.15, -0.1) is 0 Å². The molecule has 0 fully saturated rings. The average Bonchev–Trinajstić information content (AvgIpc) is 3.56. The lowest BCUT2D eigenvalue weighted by atomic mass is 10.0. The van der Waals surface area contributed by atoms with Gasteiger partial charge in [-0.1, -0.05) is 59.9 Å². The van der Waals surface area contributed by atoms with Gasteiger partial charge in [0.1, 0.15) is 5.76 Å². The normalized spacial score (nSPS) is 11.5. The number of rotatable bonds is 6. The zero-order chi connectivity index (χ0) is 25.3. The van der Waals surface area contributed by atoms with E-state index >= 15 is 0 Å². The SMILES string of the molecule is O=C(c1ccccc1)c1ccc(C(=O)N(Cc2ccco2)c2nc3c(C(F)(F)F)cccc3s2)cc1. The molecule has 0 saturated carbocycles. The number of amides is 1. The maximum Gasteiger partial charge on any atom is 0.418 e. The van der Waals surface area contributed by atoms with E-state index in [0.29, 0.717) is 21.6 Å². The Labute approximate surface area is 207 Å².